The van der Waals surface area contributed by atoms with Gasteiger partial charge in [0.25, 0.3) is 0 Å². The van der Waals surface area contributed by atoms with Gasteiger partial charge in [-0.15, -0.1) is 10.2 Å². The van der Waals surface area contributed by atoms with Crippen LogP contribution in [0.15, 0.2) is 28.6 Å². The zero-order chi connectivity index (χ0) is 15.9. The summed E-state index contributed by atoms with van der Waals surface area (Å²) >= 11 is 2.99. The van der Waals surface area contributed by atoms with E-state index < -0.39 is 0 Å². The smallest absolute Gasteiger partial charge is 0.226 e. The van der Waals surface area contributed by atoms with E-state index in [1.165, 1.54) is 11.3 Å². The second-order valence-electron chi connectivity index (χ2n) is 5.16. The Hall–Kier alpha value is -1.60. The summed E-state index contributed by atoms with van der Waals surface area (Å²) in [5.41, 5.74) is 1.16. The highest BCUT2D eigenvalue weighted by Crippen LogP contribution is 2.29. The van der Waals surface area contributed by atoms with Crippen molar-refractivity contribution in [1.82, 2.24) is 10.2 Å². The van der Waals surface area contributed by atoms with Crippen LogP contribution in [-0.4, -0.2) is 23.2 Å². The van der Waals surface area contributed by atoms with Crippen molar-refractivity contribution in [2.24, 2.45) is 5.92 Å². The lowest BCUT2D eigenvalue weighted by atomic mass is 10.1. The number of nitrogens with zero attached hydrogens (tertiary/aromatic N) is 2. The third-order valence-electron chi connectivity index (χ3n) is 2.74. The number of carbonyl (C=O) groups is 1. The van der Waals surface area contributed by atoms with Crippen LogP contribution in [0.4, 0.5) is 5.13 Å². The Kier molecular flexibility index (Phi) is 6.21. The quantitative estimate of drug-likeness (QED) is 0.614. The molecule has 1 aromatic heterocycles. The van der Waals surface area contributed by atoms with Gasteiger partial charge in [-0.2, -0.15) is 0 Å². The Balaban J connectivity index is 1.87. The van der Waals surface area contributed by atoms with Crippen LogP contribution in [0.5, 0.6) is 5.75 Å². The average molecular weight is 337 g/mol. The molecule has 1 N–H and O–H groups in total. The van der Waals surface area contributed by atoms with Crippen molar-refractivity contribution in [3.05, 3.63) is 29.8 Å². The van der Waals surface area contributed by atoms with Crippen molar-refractivity contribution in [1.29, 1.82) is 0 Å². The molecule has 0 saturated carbocycles. The van der Waals surface area contributed by atoms with Crippen molar-refractivity contribution in [2.75, 3.05) is 12.4 Å². The van der Waals surface area contributed by atoms with Crippen LogP contribution in [0.3, 0.4) is 0 Å². The Labute approximate surface area is 138 Å². The number of amides is 1. The fraction of sp³-hybridized carbons (Fsp3) is 0.400. The average Bonchev–Trinajstić information content (AvgIpc) is 2.92. The van der Waals surface area contributed by atoms with Gasteiger partial charge in [-0.05, 0) is 23.6 Å². The molecule has 1 aromatic carbocycles. The summed E-state index contributed by atoms with van der Waals surface area (Å²) in [7, 11) is 1.66. The highest BCUT2D eigenvalue weighted by atomic mass is 32.2. The zero-order valence-electron chi connectivity index (χ0n) is 12.8. The summed E-state index contributed by atoms with van der Waals surface area (Å²) in [6, 6.07) is 7.93. The molecule has 5 nitrogen and oxygen atoms in total. The molecule has 2 rings (SSSR count). The van der Waals surface area contributed by atoms with Crippen molar-refractivity contribution >= 4 is 34.1 Å². The minimum atomic E-state index is -0.0181. The van der Waals surface area contributed by atoms with E-state index in [-0.39, 0.29) is 5.91 Å². The normalized spacial score (nSPS) is 10.7. The van der Waals surface area contributed by atoms with Gasteiger partial charge in [0, 0.05) is 12.2 Å². The number of thioether (sulfide) groups is 1. The topological polar surface area (TPSA) is 64.1 Å². The van der Waals surface area contributed by atoms with Gasteiger partial charge < -0.3 is 10.1 Å². The predicted molar refractivity (Wildman–Crippen MR) is 90.5 cm³/mol. The van der Waals surface area contributed by atoms with Crippen LogP contribution in [0, 0.1) is 5.92 Å². The third-order valence-corrected chi connectivity index (χ3v) is 4.79. The van der Waals surface area contributed by atoms with E-state index in [1.807, 2.05) is 38.1 Å². The van der Waals surface area contributed by atoms with Crippen LogP contribution in [0.1, 0.15) is 25.8 Å². The second kappa shape index (κ2) is 8.14. The molecule has 0 aliphatic carbocycles. The lowest BCUT2D eigenvalue weighted by Crippen LogP contribution is -2.13. The monoisotopic (exact) mass is 337 g/mol. The van der Waals surface area contributed by atoms with Gasteiger partial charge in [0.05, 0.1) is 7.11 Å². The summed E-state index contributed by atoms with van der Waals surface area (Å²) in [5, 5.41) is 11.4. The molecule has 22 heavy (non-hydrogen) atoms. The number of anilines is 1. The van der Waals surface area contributed by atoms with Crippen molar-refractivity contribution in [2.45, 2.75) is 30.4 Å². The van der Waals surface area contributed by atoms with Gasteiger partial charge in [0.1, 0.15) is 5.75 Å². The maximum Gasteiger partial charge on any atom is 0.226 e. The molecular weight excluding hydrogens is 318 g/mol. The Morgan fingerprint density at radius 1 is 1.41 bits per heavy atom. The Morgan fingerprint density at radius 3 is 2.95 bits per heavy atom. The number of hydrogen-bond acceptors (Lipinski definition) is 6. The van der Waals surface area contributed by atoms with Crippen molar-refractivity contribution in [3.63, 3.8) is 0 Å². The molecule has 1 amide bonds. The Morgan fingerprint density at radius 2 is 2.23 bits per heavy atom. The van der Waals surface area contributed by atoms with Gasteiger partial charge in [0.15, 0.2) is 4.34 Å². The van der Waals surface area contributed by atoms with E-state index in [2.05, 4.69) is 15.5 Å². The number of rotatable bonds is 7. The molecule has 0 aliphatic heterocycles. The fourth-order valence-corrected chi connectivity index (χ4v) is 3.48. The number of benzene rings is 1. The van der Waals surface area contributed by atoms with E-state index in [9.17, 15) is 4.79 Å². The van der Waals surface area contributed by atoms with E-state index in [0.717, 1.165) is 21.4 Å². The molecule has 118 valence electrons. The SMILES string of the molecule is COc1cccc(CSc2nnc(NC(=O)CC(C)C)s2)c1. The summed E-state index contributed by atoms with van der Waals surface area (Å²) in [5.74, 6) is 1.94. The highest BCUT2D eigenvalue weighted by Gasteiger charge is 2.10. The molecule has 2 aromatic rings. The van der Waals surface area contributed by atoms with E-state index >= 15 is 0 Å². The summed E-state index contributed by atoms with van der Waals surface area (Å²) < 4.78 is 6.04. The van der Waals surface area contributed by atoms with Crippen molar-refractivity contribution in [3.8, 4) is 5.75 Å². The summed E-state index contributed by atoms with van der Waals surface area (Å²) in [6.45, 7) is 4.02. The minimum Gasteiger partial charge on any atom is -0.497 e. The molecule has 7 heteroatoms. The predicted octanol–water partition coefficient (Wildman–Crippen LogP) is 3.82. The van der Waals surface area contributed by atoms with E-state index in [4.69, 9.17) is 4.74 Å². The lowest BCUT2D eigenvalue weighted by Gasteiger charge is -2.03. The molecule has 0 fully saturated rings. The Bertz CT molecular complexity index is 629. The van der Waals surface area contributed by atoms with Gasteiger partial charge in [0.2, 0.25) is 11.0 Å². The highest BCUT2D eigenvalue weighted by molar-refractivity contribution is 8.00. The maximum atomic E-state index is 11.7. The lowest BCUT2D eigenvalue weighted by molar-refractivity contribution is -0.116. The summed E-state index contributed by atoms with van der Waals surface area (Å²) in [6.07, 6.45) is 0.492. The molecule has 0 aliphatic rings. The number of aromatic nitrogens is 2. The number of nitrogens with one attached hydrogen (secondary N) is 1. The first kappa shape index (κ1) is 16.8. The molecular formula is C15H19N3O2S2. The van der Waals surface area contributed by atoms with Gasteiger partial charge in [-0.3, -0.25) is 4.79 Å². The minimum absolute atomic E-state index is 0.0181. The molecule has 0 radical (unpaired) electrons. The fourth-order valence-electron chi connectivity index (χ4n) is 1.77. The van der Waals surface area contributed by atoms with Crippen LogP contribution >= 0.6 is 23.1 Å². The van der Waals surface area contributed by atoms with Gasteiger partial charge in [-0.25, -0.2) is 0 Å². The molecule has 0 bridgehead atoms. The van der Waals surface area contributed by atoms with Gasteiger partial charge in [-0.1, -0.05) is 49.1 Å². The van der Waals surface area contributed by atoms with Crippen molar-refractivity contribution < 1.29 is 9.53 Å². The van der Waals surface area contributed by atoms with E-state index in [1.54, 1.807) is 18.9 Å². The number of ether oxygens (including phenoxy) is 1. The summed E-state index contributed by atoms with van der Waals surface area (Å²) in [4.78, 5) is 11.7. The first-order valence-electron chi connectivity index (χ1n) is 6.96. The molecule has 0 unspecified atom stereocenters. The first-order valence-corrected chi connectivity index (χ1v) is 8.76. The number of hydrogen-bond donors (Lipinski definition) is 1. The van der Waals surface area contributed by atoms with Gasteiger partial charge >= 0.3 is 0 Å². The van der Waals surface area contributed by atoms with Crippen LogP contribution in [-0.2, 0) is 10.5 Å². The van der Waals surface area contributed by atoms with Crippen LogP contribution < -0.4 is 10.1 Å². The van der Waals surface area contributed by atoms with Crippen LogP contribution in [0.25, 0.3) is 0 Å². The molecule has 1 heterocycles. The standard InChI is InChI=1S/C15H19N3O2S2/c1-10(2)7-13(19)16-14-17-18-15(22-14)21-9-11-5-4-6-12(8-11)20-3/h4-6,8,10H,7,9H2,1-3H3,(H,16,17,19). The molecule has 0 saturated heterocycles. The first-order chi connectivity index (χ1) is 10.6. The van der Waals surface area contributed by atoms with Crippen LogP contribution in [0.2, 0.25) is 0 Å². The van der Waals surface area contributed by atoms with E-state index in [0.29, 0.717) is 17.5 Å². The number of methoxy groups -OCH3 is 1. The largest absolute Gasteiger partial charge is 0.497 e. The molecule has 0 spiro atoms. The molecule has 0 atom stereocenters. The second-order valence-corrected chi connectivity index (χ2v) is 7.36. The maximum absolute atomic E-state index is 11.7. The zero-order valence-corrected chi connectivity index (χ0v) is 14.5. The third kappa shape index (κ3) is 5.31. The number of carbonyl (C=O) groups excluding carboxylic acids is 1.